The van der Waals surface area contributed by atoms with Gasteiger partial charge in [-0.25, -0.2) is 14.2 Å². The monoisotopic (exact) mass is 561 g/mol. The first kappa shape index (κ1) is 27.0. The highest BCUT2D eigenvalue weighted by Crippen LogP contribution is 2.36. The summed E-state index contributed by atoms with van der Waals surface area (Å²) in [5.41, 5.74) is 2.64. The predicted molar refractivity (Wildman–Crippen MR) is 155 cm³/mol. The third kappa shape index (κ3) is 5.32. The Bertz CT molecular complexity index is 1650. The lowest BCUT2D eigenvalue weighted by Gasteiger charge is -2.32. The summed E-state index contributed by atoms with van der Waals surface area (Å²) in [6.45, 7) is 11.6. The van der Waals surface area contributed by atoms with Gasteiger partial charge in [0.1, 0.15) is 11.1 Å². The number of halogens is 1. The molecule has 2 fully saturated rings. The molecule has 0 bridgehead atoms. The number of nitrogens with zero attached hydrogens (tertiary/aromatic N) is 6. The zero-order chi connectivity index (χ0) is 29.1. The van der Waals surface area contributed by atoms with Gasteiger partial charge in [0.25, 0.3) is 5.91 Å². The van der Waals surface area contributed by atoms with Crippen molar-refractivity contribution >= 4 is 39.9 Å². The molecule has 2 amide bonds. The SMILES string of the molecule is CCn1cc2c(N3CCC(N(C(=O)OC(C)(C)C)C4CC4)C3)ccc(C(=O)Nc3cc(F)c4nc(C)cn4c3)c2n1. The number of hydrogen-bond donors (Lipinski definition) is 1. The number of rotatable bonds is 6. The third-order valence-electron chi connectivity index (χ3n) is 7.60. The standard InChI is InChI=1S/C30H36FN7O3/c1-6-37-17-23-25(35-12-11-21(16-35)38(20-7-8-20)29(40)41-30(3,4)5)10-9-22(26(23)34-37)28(39)33-19-13-24(31)27-32-18(2)14-36(27)15-19/h9-10,13-15,17,20-21H,6-8,11-12,16H2,1-5H3,(H,33,39). The molecule has 0 spiro atoms. The molecule has 6 rings (SSSR count). The van der Waals surface area contributed by atoms with Crippen molar-refractivity contribution in [2.45, 2.75) is 78.1 Å². The quantitative estimate of drug-likeness (QED) is 0.340. The predicted octanol–water partition coefficient (Wildman–Crippen LogP) is 5.38. The van der Waals surface area contributed by atoms with Crippen molar-refractivity contribution in [2.24, 2.45) is 0 Å². The Hall–Kier alpha value is -4.15. The summed E-state index contributed by atoms with van der Waals surface area (Å²) in [6.07, 6.45) is 7.91. The van der Waals surface area contributed by atoms with E-state index in [1.165, 1.54) is 6.07 Å². The molecule has 11 heteroatoms. The molecule has 3 aromatic heterocycles. The number of pyridine rings is 1. The maximum atomic E-state index is 14.6. The first-order chi connectivity index (χ1) is 19.5. The second kappa shape index (κ2) is 10.0. The van der Waals surface area contributed by atoms with E-state index < -0.39 is 11.4 Å². The molecule has 1 saturated heterocycles. The van der Waals surface area contributed by atoms with Crippen LogP contribution >= 0.6 is 0 Å². The van der Waals surface area contributed by atoms with Gasteiger partial charge in [-0.1, -0.05) is 0 Å². The molecule has 216 valence electrons. The Morgan fingerprint density at radius 1 is 1.15 bits per heavy atom. The molecule has 41 heavy (non-hydrogen) atoms. The van der Waals surface area contributed by atoms with Crippen LogP contribution in [0.4, 0.5) is 20.6 Å². The highest BCUT2D eigenvalue weighted by Gasteiger charge is 2.42. The fourth-order valence-electron chi connectivity index (χ4n) is 5.66. The Morgan fingerprint density at radius 3 is 2.63 bits per heavy atom. The lowest BCUT2D eigenvalue weighted by molar-refractivity contribution is 0.0158. The van der Waals surface area contributed by atoms with Crippen LogP contribution in [-0.4, -0.2) is 66.8 Å². The van der Waals surface area contributed by atoms with Gasteiger partial charge >= 0.3 is 6.09 Å². The molecule has 1 aliphatic carbocycles. The number of carbonyl (C=O) groups is 2. The van der Waals surface area contributed by atoms with Crippen LogP contribution in [0.5, 0.6) is 0 Å². The van der Waals surface area contributed by atoms with Crippen molar-refractivity contribution in [3.63, 3.8) is 0 Å². The van der Waals surface area contributed by atoms with E-state index in [4.69, 9.17) is 9.84 Å². The number of fused-ring (bicyclic) bond motifs is 2. The van der Waals surface area contributed by atoms with Crippen LogP contribution in [-0.2, 0) is 11.3 Å². The summed E-state index contributed by atoms with van der Waals surface area (Å²) in [5.74, 6) is -0.885. The number of nitrogens with one attached hydrogen (secondary N) is 1. The minimum atomic E-state index is -0.547. The Morgan fingerprint density at radius 2 is 1.93 bits per heavy atom. The van der Waals surface area contributed by atoms with Gasteiger partial charge in [0.15, 0.2) is 11.5 Å². The number of imidazole rings is 1. The van der Waals surface area contributed by atoms with Crippen molar-refractivity contribution in [1.82, 2.24) is 24.1 Å². The minimum absolute atomic E-state index is 0.0493. The molecule has 1 saturated carbocycles. The zero-order valence-corrected chi connectivity index (χ0v) is 24.1. The summed E-state index contributed by atoms with van der Waals surface area (Å²) >= 11 is 0. The fraction of sp³-hybridized carbons (Fsp3) is 0.467. The van der Waals surface area contributed by atoms with E-state index in [9.17, 15) is 14.0 Å². The van der Waals surface area contributed by atoms with Crippen LogP contribution in [0.25, 0.3) is 16.6 Å². The van der Waals surface area contributed by atoms with Crippen LogP contribution in [0.2, 0.25) is 0 Å². The van der Waals surface area contributed by atoms with Gasteiger partial charge in [0.05, 0.1) is 23.0 Å². The van der Waals surface area contributed by atoms with Crippen LogP contribution in [0, 0.1) is 12.7 Å². The van der Waals surface area contributed by atoms with Crippen molar-refractivity contribution in [3.8, 4) is 0 Å². The first-order valence-electron chi connectivity index (χ1n) is 14.2. The fourth-order valence-corrected chi connectivity index (χ4v) is 5.66. The molecule has 4 heterocycles. The maximum Gasteiger partial charge on any atom is 0.410 e. The molecule has 1 N–H and O–H groups in total. The Kier molecular flexibility index (Phi) is 6.62. The van der Waals surface area contributed by atoms with E-state index >= 15 is 0 Å². The highest BCUT2D eigenvalue weighted by atomic mass is 19.1. The minimum Gasteiger partial charge on any atom is -0.444 e. The molecule has 1 aromatic carbocycles. The maximum absolute atomic E-state index is 14.6. The van der Waals surface area contributed by atoms with Crippen LogP contribution < -0.4 is 10.2 Å². The highest BCUT2D eigenvalue weighted by molar-refractivity contribution is 6.14. The van der Waals surface area contributed by atoms with Gasteiger partial charge in [-0.2, -0.15) is 5.10 Å². The summed E-state index contributed by atoms with van der Waals surface area (Å²) in [6, 6.07) is 5.28. The van der Waals surface area contributed by atoms with Gasteiger partial charge < -0.3 is 24.3 Å². The molecular formula is C30H36FN7O3. The smallest absolute Gasteiger partial charge is 0.410 e. The number of amides is 2. The van der Waals surface area contributed by atoms with E-state index in [2.05, 4.69) is 15.2 Å². The topological polar surface area (TPSA) is 97.0 Å². The molecule has 1 atom stereocenters. The number of benzene rings is 1. The van der Waals surface area contributed by atoms with Gasteiger partial charge in [-0.05, 0) is 66.0 Å². The number of aryl methyl sites for hydroxylation is 2. The van der Waals surface area contributed by atoms with Crippen LogP contribution in [0.3, 0.4) is 0 Å². The summed E-state index contributed by atoms with van der Waals surface area (Å²) in [4.78, 5) is 34.9. The van der Waals surface area contributed by atoms with Gasteiger partial charge in [0.2, 0.25) is 0 Å². The van der Waals surface area contributed by atoms with Gasteiger partial charge in [-0.15, -0.1) is 0 Å². The van der Waals surface area contributed by atoms with Crippen molar-refractivity contribution in [2.75, 3.05) is 23.3 Å². The molecule has 1 aliphatic heterocycles. The normalized spacial score (nSPS) is 17.4. The molecule has 10 nitrogen and oxygen atoms in total. The lowest BCUT2D eigenvalue weighted by Crippen LogP contribution is -2.46. The average Bonchev–Trinajstić information content (AvgIpc) is 3.27. The number of anilines is 2. The van der Waals surface area contributed by atoms with E-state index in [-0.39, 0.29) is 29.7 Å². The third-order valence-corrected chi connectivity index (χ3v) is 7.60. The van der Waals surface area contributed by atoms with E-state index in [0.29, 0.717) is 35.6 Å². The van der Waals surface area contributed by atoms with E-state index in [0.717, 1.165) is 36.9 Å². The summed E-state index contributed by atoms with van der Waals surface area (Å²) < 4.78 is 23.8. The van der Waals surface area contributed by atoms with Crippen LogP contribution in [0.15, 0.2) is 36.8 Å². The number of hydrogen-bond acceptors (Lipinski definition) is 6. The molecule has 4 aromatic rings. The van der Waals surface area contributed by atoms with Crippen molar-refractivity contribution < 1.29 is 18.7 Å². The van der Waals surface area contributed by atoms with E-state index in [1.54, 1.807) is 29.8 Å². The number of carbonyl (C=O) groups excluding carboxylic acids is 2. The van der Waals surface area contributed by atoms with E-state index in [1.807, 2.05) is 49.5 Å². The van der Waals surface area contributed by atoms with Crippen molar-refractivity contribution in [3.05, 3.63) is 53.9 Å². The second-order valence-corrected chi connectivity index (χ2v) is 12.0. The van der Waals surface area contributed by atoms with Crippen molar-refractivity contribution in [1.29, 1.82) is 0 Å². The molecular weight excluding hydrogens is 525 g/mol. The largest absolute Gasteiger partial charge is 0.444 e. The average molecular weight is 562 g/mol. The second-order valence-electron chi connectivity index (χ2n) is 12.0. The number of ether oxygens (including phenoxy) is 1. The number of aromatic nitrogens is 4. The van der Waals surface area contributed by atoms with Gasteiger partial charge in [0, 0.05) is 61.4 Å². The Balaban J connectivity index is 1.27. The molecule has 1 unspecified atom stereocenters. The zero-order valence-electron chi connectivity index (χ0n) is 24.1. The summed E-state index contributed by atoms with van der Waals surface area (Å²) in [7, 11) is 0. The van der Waals surface area contributed by atoms with Crippen LogP contribution in [0.1, 0.15) is 63.0 Å². The molecule has 0 radical (unpaired) electrons. The summed E-state index contributed by atoms with van der Waals surface area (Å²) in [5, 5.41) is 8.41. The van der Waals surface area contributed by atoms with Gasteiger partial charge in [-0.3, -0.25) is 9.48 Å². The lowest BCUT2D eigenvalue weighted by atomic mass is 10.1. The first-order valence-corrected chi connectivity index (χ1v) is 14.2. The Labute approximate surface area is 238 Å². The molecule has 2 aliphatic rings.